The third kappa shape index (κ3) is 5.62. The first kappa shape index (κ1) is 23.4. The lowest BCUT2D eigenvalue weighted by Crippen LogP contribution is -2.36. The summed E-state index contributed by atoms with van der Waals surface area (Å²) in [5.74, 6) is 0.203. The second kappa shape index (κ2) is 9.27. The fraction of sp³-hybridized carbons (Fsp3) is 0.440. The van der Waals surface area contributed by atoms with Crippen molar-refractivity contribution in [3.05, 3.63) is 59.2 Å². The van der Waals surface area contributed by atoms with Gasteiger partial charge in [0.25, 0.3) is 5.91 Å². The molecule has 0 bridgehead atoms. The van der Waals surface area contributed by atoms with Crippen molar-refractivity contribution in [2.45, 2.75) is 68.9 Å². The zero-order valence-electron chi connectivity index (χ0n) is 19.0. The predicted octanol–water partition coefficient (Wildman–Crippen LogP) is 3.62. The van der Waals surface area contributed by atoms with E-state index >= 15 is 0 Å². The molecule has 0 spiro atoms. The van der Waals surface area contributed by atoms with E-state index < -0.39 is 15.6 Å². The van der Waals surface area contributed by atoms with Gasteiger partial charge >= 0.3 is 0 Å². The fourth-order valence-electron chi connectivity index (χ4n) is 4.38. The van der Waals surface area contributed by atoms with E-state index in [1.54, 1.807) is 42.5 Å². The molecule has 2 aromatic carbocycles. The van der Waals surface area contributed by atoms with Crippen LogP contribution in [0.1, 0.15) is 72.2 Å². The highest BCUT2D eigenvalue weighted by atomic mass is 32.2. The van der Waals surface area contributed by atoms with Crippen LogP contribution in [0, 0.1) is 0 Å². The number of amides is 1. The molecular formula is C25H30N2O5S. The number of Topliss-reactive ketones (excluding diaryl/α,β-unsaturated/α-hetero) is 1. The number of fused-ring (bicyclic) bond motifs is 1. The van der Waals surface area contributed by atoms with Crippen molar-refractivity contribution in [1.29, 1.82) is 0 Å². The highest BCUT2D eigenvalue weighted by molar-refractivity contribution is 7.89. The molecule has 7 nitrogen and oxygen atoms in total. The number of ketones is 1. The van der Waals surface area contributed by atoms with Crippen LogP contribution in [0.25, 0.3) is 0 Å². The van der Waals surface area contributed by atoms with E-state index in [-0.39, 0.29) is 29.0 Å². The summed E-state index contributed by atoms with van der Waals surface area (Å²) in [4.78, 5) is 25.2. The molecular weight excluding hydrogens is 440 g/mol. The smallest absolute Gasteiger partial charge is 0.251 e. The van der Waals surface area contributed by atoms with Gasteiger partial charge in [0.05, 0.1) is 16.9 Å². The second-order valence-electron chi connectivity index (χ2n) is 9.43. The molecule has 8 heteroatoms. The Balaban J connectivity index is 1.32. The summed E-state index contributed by atoms with van der Waals surface area (Å²) in [6, 6.07) is 11.7. The number of hydrogen-bond acceptors (Lipinski definition) is 5. The Morgan fingerprint density at radius 1 is 1.09 bits per heavy atom. The van der Waals surface area contributed by atoms with Crippen molar-refractivity contribution >= 4 is 21.7 Å². The van der Waals surface area contributed by atoms with E-state index in [1.807, 2.05) is 13.8 Å². The lowest BCUT2D eigenvalue weighted by molar-refractivity contribution is 0.0620. The van der Waals surface area contributed by atoms with Crippen LogP contribution in [0.5, 0.6) is 5.75 Å². The fourth-order valence-corrected chi connectivity index (χ4v) is 5.69. The van der Waals surface area contributed by atoms with Crippen LogP contribution in [0.15, 0.2) is 47.4 Å². The van der Waals surface area contributed by atoms with Gasteiger partial charge in [-0.3, -0.25) is 9.59 Å². The average Bonchev–Trinajstić information content (AvgIpc) is 3.25. The van der Waals surface area contributed by atoms with E-state index in [1.165, 1.54) is 0 Å². The Morgan fingerprint density at radius 3 is 2.48 bits per heavy atom. The van der Waals surface area contributed by atoms with Crippen LogP contribution in [0.3, 0.4) is 0 Å². The number of hydrogen-bond donors (Lipinski definition) is 2. The number of carbonyl (C=O) groups excluding carboxylic acids is 2. The molecule has 1 aliphatic heterocycles. The average molecular weight is 471 g/mol. The summed E-state index contributed by atoms with van der Waals surface area (Å²) in [6.07, 6.45) is 4.73. The van der Waals surface area contributed by atoms with Gasteiger partial charge in [-0.1, -0.05) is 25.0 Å². The standard InChI is InChI=1S/C25H30N2O5S/c1-25(2)16-22(28)21-15-18(9-12-23(21)32-25)24(29)26-14-13-17-7-10-20(11-8-17)33(30,31)27-19-5-3-4-6-19/h7-12,15,19,27H,3-6,13-14,16H2,1-2H3,(H,26,29). The van der Waals surface area contributed by atoms with Gasteiger partial charge in [-0.15, -0.1) is 0 Å². The number of carbonyl (C=O) groups is 2. The third-order valence-corrected chi connectivity index (χ3v) is 7.66. The summed E-state index contributed by atoms with van der Waals surface area (Å²) in [5, 5.41) is 2.86. The quantitative estimate of drug-likeness (QED) is 0.644. The minimum absolute atomic E-state index is 0.0295. The molecule has 4 rings (SSSR count). The van der Waals surface area contributed by atoms with Crippen molar-refractivity contribution in [2.24, 2.45) is 0 Å². The normalized spacial score (nSPS) is 17.9. The van der Waals surface area contributed by atoms with Crippen molar-refractivity contribution in [1.82, 2.24) is 10.0 Å². The highest BCUT2D eigenvalue weighted by Crippen LogP contribution is 2.33. The summed E-state index contributed by atoms with van der Waals surface area (Å²) >= 11 is 0. The van der Waals surface area contributed by atoms with Crippen LogP contribution in [-0.4, -0.2) is 38.3 Å². The van der Waals surface area contributed by atoms with Gasteiger partial charge in [-0.2, -0.15) is 0 Å². The molecule has 0 aromatic heterocycles. The highest BCUT2D eigenvalue weighted by Gasteiger charge is 2.32. The van der Waals surface area contributed by atoms with Crippen molar-refractivity contribution in [3.63, 3.8) is 0 Å². The number of nitrogens with one attached hydrogen (secondary N) is 2. The van der Waals surface area contributed by atoms with Crippen LogP contribution in [-0.2, 0) is 16.4 Å². The Hall–Kier alpha value is -2.71. The van der Waals surface area contributed by atoms with E-state index in [9.17, 15) is 18.0 Å². The Morgan fingerprint density at radius 2 is 1.79 bits per heavy atom. The van der Waals surface area contributed by atoms with Crippen LogP contribution in [0.4, 0.5) is 0 Å². The summed E-state index contributed by atoms with van der Waals surface area (Å²) in [5.41, 5.74) is 1.22. The largest absolute Gasteiger partial charge is 0.487 e. The molecule has 176 valence electrons. The molecule has 1 amide bonds. The van der Waals surface area contributed by atoms with Gasteiger partial charge in [0, 0.05) is 18.2 Å². The van der Waals surface area contributed by atoms with Crippen molar-refractivity contribution in [2.75, 3.05) is 6.54 Å². The van der Waals surface area contributed by atoms with Crippen LogP contribution in [0.2, 0.25) is 0 Å². The lowest BCUT2D eigenvalue weighted by Gasteiger charge is -2.31. The van der Waals surface area contributed by atoms with E-state index in [0.29, 0.717) is 29.8 Å². The van der Waals surface area contributed by atoms with E-state index in [2.05, 4.69) is 10.0 Å². The van der Waals surface area contributed by atoms with Crippen molar-refractivity contribution in [3.8, 4) is 5.75 Å². The number of rotatable bonds is 7. The molecule has 2 aromatic rings. The molecule has 1 fully saturated rings. The first-order valence-corrected chi connectivity index (χ1v) is 12.9. The molecule has 0 atom stereocenters. The minimum Gasteiger partial charge on any atom is -0.487 e. The first-order chi connectivity index (χ1) is 15.6. The number of benzene rings is 2. The SMILES string of the molecule is CC1(C)CC(=O)c2cc(C(=O)NCCc3ccc(S(=O)(=O)NC4CCCC4)cc3)ccc2O1. The third-order valence-electron chi connectivity index (χ3n) is 6.12. The van der Waals surface area contributed by atoms with Gasteiger partial charge in [-0.05, 0) is 69.0 Å². The van der Waals surface area contributed by atoms with Crippen LogP contribution >= 0.6 is 0 Å². The zero-order chi connectivity index (χ0) is 23.6. The predicted molar refractivity (Wildman–Crippen MR) is 125 cm³/mol. The molecule has 0 saturated heterocycles. The Bertz CT molecular complexity index is 1150. The Kier molecular flexibility index (Phi) is 6.59. The molecule has 2 aliphatic rings. The maximum atomic E-state index is 12.6. The summed E-state index contributed by atoms with van der Waals surface area (Å²) < 4.78 is 33.7. The molecule has 2 N–H and O–H groups in total. The molecule has 1 heterocycles. The molecule has 1 aliphatic carbocycles. The molecule has 33 heavy (non-hydrogen) atoms. The maximum Gasteiger partial charge on any atom is 0.251 e. The van der Waals surface area contributed by atoms with E-state index in [4.69, 9.17) is 4.74 Å². The minimum atomic E-state index is -3.51. The van der Waals surface area contributed by atoms with Gasteiger partial charge < -0.3 is 10.1 Å². The maximum absolute atomic E-state index is 12.6. The second-order valence-corrected chi connectivity index (χ2v) is 11.1. The topological polar surface area (TPSA) is 102 Å². The number of sulfonamides is 1. The monoisotopic (exact) mass is 470 g/mol. The molecule has 1 saturated carbocycles. The zero-order valence-corrected chi connectivity index (χ0v) is 19.8. The number of ether oxygens (including phenoxy) is 1. The summed E-state index contributed by atoms with van der Waals surface area (Å²) in [6.45, 7) is 4.12. The van der Waals surface area contributed by atoms with Gasteiger partial charge in [0.1, 0.15) is 11.4 Å². The van der Waals surface area contributed by atoms with Gasteiger partial charge in [0.15, 0.2) is 5.78 Å². The molecule has 0 radical (unpaired) electrons. The van der Waals surface area contributed by atoms with Gasteiger partial charge in [-0.25, -0.2) is 13.1 Å². The molecule has 0 unspecified atom stereocenters. The Labute approximate surface area is 195 Å². The van der Waals surface area contributed by atoms with Gasteiger partial charge in [0.2, 0.25) is 10.0 Å². The lowest BCUT2D eigenvalue weighted by atomic mass is 9.92. The van der Waals surface area contributed by atoms with E-state index in [0.717, 1.165) is 31.2 Å². The summed E-state index contributed by atoms with van der Waals surface area (Å²) in [7, 11) is -3.51. The van der Waals surface area contributed by atoms with Crippen molar-refractivity contribution < 1.29 is 22.7 Å². The first-order valence-electron chi connectivity index (χ1n) is 11.4. The van der Waals surface area contributed by atoms with Crippen LogP contribution < -0.4 is 14.8 Å².